The van der Waals surface area contributed by atoms with Crippen LogP contribution in [-0.2, 0) is 4.79 Å². The van der Waals surface area contributed by atoms with Gasteiger partial charge in [-0.1, -0.05) is 19.8 Å². The van der Waals surface area contributed by atoms with Crippen LogP contribution in [0.5, 0.6) is 0 Å². The van der Waals surface area contributed by atoms with Gasteiger partial charge in [-0.2, -0.15) is 0 Å². The number of amides is 2. The van der Waals surface area contributed by atoms with Crippen LogP contribution in [0.2, 0.25) is 0 Å². The van der Waals surface area contributed by atoms with E-state index in [1.54, 1.807) is 4.90 Å². The number of nitrogens with one attached hydrogen (secondary N) is 1. The zero-order valence-electron chi connectivity index (χ0n) is 14.2. The van der Waals surface area contributed by atoms with E-state index < -0.39 is 12.0 Å². The summed E-state index contributed by atoms with van der Waals surface area (Å²) in [4.78, 5) is 24.9. The SMILES string of the molecule is CCN(CC)C(=O)NC(CC1(C)CCCC1)C(=O)O.[H-].[Li+]. The predicted octanol–water partition coefficient (Wildman–Crippen LogP) is -0.422. The third-order valence-corrected chi connectivity index (χ3v) is 4.15. The van der Waals surface area contributed by atoms with E-state index in [0.29, 0.717) is 19.5 Å². The van der Waals surface area contributed by atoms with Gasteiger partial charge >= 0.3 is 30.9 Å². The summed E-state index contributed by atoms with van der Waals surface area (Å²) in [6, 6.07) is -1.06. The third-order valence-electron chi connectivity index (χ3n) is 4.15. The summed E-state index contributed by atoms with van der Waals surface area (Å²) in [5.74, 6) is -0.936. The number of rotatable bonds is 6. The van der Waals surface area contributed by atoms with Crippen molar-refractivity contribution >= 4 is 12.0 Å². The Bertz CT molecular complexity index is 332. The Morgan fingerprint density at radius 2 is 1.80 bits per heavy atom. The molecule has 0 aromatic carbocycles. The smallest absolute Gasteiger partial charge is 1.00 e. The van der Waals surface area contributed by atoms with Crippen LogP contribution in [0.25, 0.3) is 0 Å². The standard InChI is InChI=1S/C14H26N2O3.Li.H/c1-4-16(5-2)13(19)15-11(12(17)18)10-14(3)8-6-7-9-14;;/h11H,4-10H2,1-3H3,(H,15,19)(H,17,18);;/q;+1;-1. The maximum Gasteiger partial charge on any atom is 1.00 e. The molecule has 1 unspecified atom stereocenters. The van der Waals surface area contributed by atoms with E-state index in [1.807, 2.05) is 13.8 Å². The summed E-state index contributed by atoms with van der Waals surface area (Å²) in [5.41, 5.74) is 0.0552. The molecule has 6 heteroatoms. The first-order valence-electron chi connectivity index (χ1n) is 7.20. The summed E-state index contributed by atoms with van der Waals surface area (Å²) >= 11 is 0. The summed E-state index contributed by atoms with van der Waals surface area (Å²) in [7, 11) is 0. The molecular weight excluding hydrogens is 251 g/mol. The Labute approximate surface area is 135 Å². The molecule has 112 valence electrons. The minimum Gasteiger partial charge on any atom is -1.00 e. The first kappa shape index (κ1) is 19.3. The first-order chi connectivity index (χ1) is 8.91. The Kier molecular flexibility index (Phi) is 8.30. The number of carboxylic acid groups (broad SMARTS) is 1. The monoisotopic (exact) mass is 278 g/mol. The van der Waals surface area contributed by atoms with Crippen LogP contribution < -0.4 is 24.2 Å². The van der Waals surface area contributed by atoms with Crippen molar-refractivity contribution in [2.24, 2.45) is 5.41 Å². The van der Waals surface area contributed by atoms with Crippen molar-refractivity contribution in [3.63, 3.8) is 0 Å². The van der Waals surface area contributed by atoms with Crippen molar-refractivity contribution in [2.75, 3.05) is 13.1 Å². The van der Waals surface area contributed by atoms with Gasteiger partial charge in [0.1, 0.15) is 6.04 Å². The average molecular weight is 278 g/mol. The third kappa shape index (κ3) is 5.38. The Morgan fingerprint density at radius 1 is 1.30 bits per heavy atom. The molecule has 0 radical (unpaired) electrons. The Morgan fingerprint density at radius 3 is 2.20 bits per heavy atom. The molecule has 5 nitrogen and oxygen atoms in total. The molecule has 0 aliphatic heterocycles. The van der Waals surface area contributed by atoms with Crippen LogP contribution in [0.4, 0.5) is 4.79 Å². The van der Waals surface area contributed by atoms with Crippen molar-refractivity contribution in [1.82, 2.24) is 10.2 Å². The molecule has 2 amide bonds. The average Bonchev–Trinajstić information content (AvgIpc) is 2.76. The molecule has 0 saturated heterocycles. The summed E-state index contributed by atoms with van der Waals surface area (Å²) in [6.07, 6.45) is 4.95. The van der Waals surface area contributed by atoms with E-state index in [0.717, 1.165) is 25.7 Å². The zero-order valence-corrected chi connectivity index (χ0v) is 13.2. The van der Waals surface area contributed by atoms with E-state index in [-0.39, 0.29) is 31.7 Å². The fourth-order valence-corrected chi connectivity index (χ4v) is 2.88. The van der Waals surface area contributed by atoms with Gasteiger partial charge in [0.05, 0.1) is 0 Å². The number of nitrogens with zero attached hydrogens (tertiary/aromatic N) is 1. The van der Waals surface area contributed by atoms with Crippen LogP contribution in [0.1, 0.15) is 54.3 Å². The minimum atomic E-state index is -0.936. The molecule has 1 atom stereocenters. The van der Waals surface area contributed by atoms with E-state index >= 15 is 0 Å². The van der Waals surface area contributed by atoms with Gasteiger partial charge in [0, 0.05) is 13.1 Å². The number of carboxylic acids is 1. The molecule has 1 aliphatic rings. The number of aliphatic carboxylic acids is 1. The predicted molar refractivity (Wildman–Crippen MR) is 75.2 cm³/mol. The topological polar surface area (TPSA) is 69.6 Å². The number of hydrogen-bond acceptors (Lipinski definition) is 2. The van der Waals surface area contributed by atoms with Gasteiger partial charge in [0.25, 0.3) is 0 Å². The fourth-order valence-electron chi connectivity index (χ4n) is 2.88. The van der Waals surface area contributed by atoms with Crippen LogP contribution in [-0.4, -0.2) is 41.1 Å². The molecule has 1 aliphatic carbocycles. The van der Waals surface area contributed by atoms with Crippen molar-refractivity contribution in [2.45, 2.75) is 58.9 Å². The molecule has 0 bridgehead atoms. The molecule has 0 spiro atoms. The van der Waals surface area contributed by atoms with Crippen molar-refractivity contribution in [3.8, 4) is 0 Å². The molecule has 0 heterocycles. The van der Waals surface area contributed by atoms with Gasteiger partial charge in [-0.25, -0.2) is 9.59 Å². The minimum absolute atomic E-state index is 0. The van der Waals surface area contributed by atoms with E-state index in [2.05, 4.69) is 12.2 Å². The number of carbonyl (C=O) groups is 2. The number of carbonyl (C=O) groups excluding carboxylic acids is 1. The maximum atomic E-state index is 11.9. The van der Waals surface area contributed by atoms with E-state index in [4.69, 9.17) is 0 Å². The van der Waals surface area contributed by atoms with Gasteiger partial charge in [-0.15, -0.1) is 0 Å². The molecule has 2 N–H and O–H groups in total. The van der Waals surface area contributed by atoms with Gasteiger partial charge < -0.3 is 16.7 Å². The van der Waals surface area contributed by atoms with E-state index in [9.17, 15) is 14.7 Å². The van der Waals surface area contributed by atoms with Gasteiger partial charge in [-0.3, -0.25) is 0 Å². The fraction of sp³-hybridized carbons (Fsp3) is 0.857. The molecule has 20 heavy (non-hydrogen) atoms. The van der Waals surface area contributed by atoms with Crippen molar-refractivity contribution in [1.29, 1.82) is 0 Å². The van der Waals surface area contributed by atoms with Gasteiger partial charge in [-0.05, 0) is 38.5 Å². The Hall–Kier alpha value is -0.663. The molecule has 1 rings (SSSR count). The maximum absolute atomic E-state index is 11.9. The summed E-state index contributed by atoms with van der Waals surface area (Å²) in [6.45, 7) is 7.08. The molecule has 1 fully saturated rings. The largest absolute Gasteiger partial charge is 1.00 e. The molecule has 0 aromatic rings. The van der Waals surface area contributed by atoms with E-state index in [1.165, 1.54) is 0 Å². The second-order valence-corrected chi connectivity index (χ2v) is 5.73. The molecule has 1 saturated carbocycles. The summed E-state index contributed by atoms with van der Waals surface area (Å²) in [5, 5.41) is 11.9. The van der Waals surface area contributed by atoms with Crippen molar-refractivity contribution < 1.29 is 35.0 Å². The van der Waals surface area contributed by atoms with Crippen molar-refractivity contribution in [3.05, 3.63) is 0 Å². The number of hydrogen-bond donors (Lipinski definition) is 2. The van der Waals surface area contributed by atoms with Gasteiger partial charge in [0.15, 0.2) is 0 Å². The van der Waals surface area contributed by atoms with Crippen LogP contribution >= 0.6 is 0 Å². The van der Waals surface area contributed by atoms with Crippen LogP contribution in [0.15, 0.2) is 0 Å². The Balaban J connectivity index is 0. The van der Waals surface area contributed by atoms with Gasteiger partial charge in [0.2, 0.25) is 0 Å². The van der Waals surface area contributed by atoms with Crippen LogP contribution in [0, 0.1) is 5.41 Å². The second kappa shape index (κ2) is 8.59. The molecule has 0 aromatic heterocycles. The molecular formula is C14H27LiN2O3. The number of urea groups is 1. The van der Waals surface area contributed by atoms with Crippen LogP contribution in [0.3, 0.4) is 0 Å². The second-order valence-electron chi connectivity index (χ2n) is 5.73. The first-order valence-corrected chi connectivity index (χ1v) is 7.20. The quantitative estimate of drug-likeness (QED) is 0.648. The zero-order chi connectivity index (χ0) is 14.5. The normalized spacial score (nSPS) is 17.9. The summed E-state index contributed by atoms with van der Waals surface area (Å²) < 4.78 is 0.